The molecule has 1 fully saturated rings. The van der Waals surface area contributed by atoms with Crippen LogP contribution in [-0.4, -0.2) is 42.2 Å². The fraction of sp³-hybridized carbons (Fsp3) is 0.375. The van der Waals surface area contributed by atoms with Crippen molar-refractivity contribution in [3.05, 3.63) is 70.7 Å². The van der Waals surface area contributed by atoms with Crippen LogP contribution in [0.5, 0.6) is 0 Å². The lowest BCUT2D eigenvalue weighted by molar-refractivity contribution is 0.0713. The SMILES string of the molecule is COCCn1cc(C(=O)N2CCC(c3cc(CN)ccc3F)CC2)c2c(F)c(F)ccc21.Cl. The van der Waals surface area contributed by atoms with Crippen molar-refractivity contribution in [1.29, 1.82) is 0 Å². The topological polar surface area (TPSA) is 60.5 Å². The molecule has 0 saturated carbocycles. The lowest BCUT2D eigenvalue weighted by Gasteiger charge is -2.32. The van der Waals surface area contributed by atoms with E-state index in [1.165, 1.54) is 12.1 Å². The summed E-state index contributed by atoms with van der Waals surface area (Å²) < 4.78 is 49.8. The van der Waals surface area contributed by atoms with Crippen molar-refractivity contribution in [1.82, 2.24) is 9.47 Å². The molecule has 0 atom stereocenters. The molecule has 1 aromatic heterocycles. The average molecular weight is 482 g/mol. The highest BCUT2D eigenvalue weighted by Gasteiger charge is 2.29. The number of ether oxygens (including phenoxy) is 1. The van der Waals surface area contributed by atoms with Gasteiger partial charge in [0.25, 0.3) is 5.91 Å². The molecule has 1 aliphatic rings. The van der Waals surface area contributed by atoms with Crippen LogP contribution in [0, 0.1) is 17.5 Å². The molecule has 9 heteroatoms. The van der Waals surface area contributed by atoms with Crippen LogP contribution in [0.25, 0.3) is 10.9 Å². The van der Waals surface area contributed by atoms with E-state index in [-0.39, 0.29) is 41.0 Å². The highest BCUT2D eigenvalue weighted by atomic mass is 35.5. The first-order valence-electron chi connectivity index (χ1n) is 10.7. The van der Waals surface area contributed by atoms with Gasteiger partial charge in [-0.15, -0.1) is 12.4 Å². The second-order valence-corrected chi connectivity index (χ2v) is 8.11. The minimum Gasteiger partial charge on any atom is -0.383 e. The van der Waals surface area contributed by atoms with Gasteiger partial charge < -0.3 is 19.9 Å². The molecule has 33 heavy (non-hydrogen) atoms. The van der Waals surface area contributed by atoms with Crippen LogP contribution in [0.15, 0.2) is 36.5 Å². The smallest absolute Gasteiger partial charge is 0.256 e. The standard InChI is InChI=1S/C24H26F3N3O2.ClH/c1-32-11-10-30-14-18(22-21(30)5-4-20(26)23(22)27)24(31)29-8-6-16(7-9-29)17-12-15(13-28)2-3-19(17)25;/h2-5,12,14,16H,6-11,13,28H2,1H3;1H. The van der Waals surface area contributed by atoms with E-state index in [2.05, 4.69) is 0 Å². The first-order valence-corrected chi connectivity index (χ1v) is 10.7. The summed E-state index contributed by atoms with van der Waals surface area (Å²) in [4.78, 5) is 14.9. The minimum atomic E-state index is -1.03. The Morgan fingerprint density at radius 1 is 1.12 bits per heavy atom. The zero-order valence-corrected chi connectivity index (χ0v) is 19.1. The molecule has 1 amide bonds. The zero-order valence-electron chi connectivity index (χ0n) is 18.3. The third-order valence-corrected chi connectivity index (χ3v) is 6.22. The molecular weight excluding hydrogens is 455 g/mol. The quantitative estimate of drug-likeness (QED) is 0.559. The molecule has 2 heterocycles. The molecule has 4 rings (SSSR count). The first-order chi connectivity index (χ1) is 15.4. The van der Waals surface area contributed by atoms with Crippen LogP contribution in [0.4, 0.5) is 13.2 Å². The van der Waals surface area contributed by atoms with Crippen molar-refractivity contribution in [2.45, 2.75) is 31.8 Å². The Hall–Kier alpha value is -2.55. The number of fused-ring (bicyclic) bond motifs is 1. The number of benzene rings is 2. The van der Waals surface area contributed by atoms with Crippen LogP contribution in [0.2, 0.25) is 0 Å². The fourth-order valence-corrected chi connectivity index (χ4v) is 4.46. The summed E-state index contributed by atoms with van der Waals surface area (Å²) in [5.41, 5.74) is 7.73. The van der Waals surface area contributed by atoms with Gasteiger partial charge in [0.1, 0.15) is 5.82 Å². The number of likely N-dealkylation sites (tertiary alicyclic amines) is 1. The van der Waals surface area contributed by atoms with E-state index in [9.17, 15) is 18.0 Å². The molecule has 0 unspecified atom stereocenters. The highest BCUT2D eigenvalue weighted by molar-refractivity contribution is 6.07. The van der Waals surface area contributed by atoms with Gasteiger partial charge in [-0.1, -0.05) is 12.1 Å². The Kier molecular flexibility index (Phi) is 8.05. The lowest BCUT2D eigenvalue weighted by atomic mass is 9.88. The second kappa shape index (κ2) is 10.6. The molecule has 5 nitrogen and oxygen atoms in total. The number of hydrogen-bond acceptors (Lipinski definition) is 3. The number of nitrogens with two attached hydrogens (primary N) is 1. The molecule has 1 saturated heterocycles. The first kappa shape index (κ1) is 25.1. The predicted octanol–water partition coefficient (Wildman–Crippen LogP) is 4.61. The molecular formula is C24H27ClF3N3O2. The molecule has 3 aromatic rings. The van der Waals surface area contributed by atoms with Crippen LogP contribution in [-0.2, 0) is 17.8 Å². The Bertz CT molecular complexity index is 1140. The number of piperidine rings is 1. The predicted molar refractivity (Wildman–Crippen MR) is 123 cm³/mol. The van der Waals surface area contributed by atoms with Gasteiger partial charge in [-0.3, -0.25) is 4.79 Å². The molecule has 0 radical (unpaired) electrons. The van der Waals surface area contributed by atoms with Gasteiger partial charge in [0, 0.05) is 39.5 Å². The molecule has 0 spiro atoms. The summed E-state index contributed by atoms with van der Waals surface area (Å²) in [5.74, 6) is -2.68. The van der Waals surface area contributed by atoms with Crippen LogP contribution >= 0.6 is 12.4 Å². The van der Waals surface area contributed by atoms with Gasteiger partial charge in [-0.2, -0.15) is 0 Å². The van der Waals surface area contributed by atoms with Crippen LogP contribution in [0.1, 0.15) is 40.2 Å². The van der Waals surface area contributed by atoms with Crippen LogP contribution in [0.3, 0.4) is 0 Å². The normalized spacial score (nSPS) is 14.5. The number of halogens is 4. The number of nitrogens with zero attached hydrogens (tertiary/aromatic N) is 2. The molecule has 2 aromatic carbocycles. The van der Waals surface area contributed by atoms with E-state index >= 15 is 0 Å². The number of rotatable bonds is 6. The van der Waals surface area contributed by atoms with Crippen molar-refractivity contribution < 1.29 is 22.7 Å². The van der Waals surface area contributed by atoms with Crippen molar-refractivity contribution >= 4 is 29.2 Å². The maximum Gasteiger partial charge on any atom is 0.256 e. The molecule has 178 valence electrons. The summed E-state index contributed by atoms with van der Waals surface area (Å²) in [6, 6.07) is 7.43. The number of amides is 1. The summed E-state index contributed by atoms with van der Waals surface area (Å²) in [5, 5.41) is -0.0186. The van der Waals surface area contributed by atoms with Gasteiger partial charge in [0.2, 0.25) is 0 Å². The third kappa shape index (κ3) is 4.88. The van der Waals surface area contributed by atoms with E-state index in [0.29, 0.717) is 56.7 Å². The summed E-state index contributed by atoms with van der Waals surface area (Å²) in [6.07, 6.45) is 2.72. The fourth-order valence-electron chi connectivity index (χ4n) is 4.46. The minimum absolute atomic E-state index is 0. The summed E-state index contributed by atoms with van der Waals surface area (Å²) in [7, 11) is 1.55. The van der Waals surface area contributed by atoms with Gasteiger partial charge in [0.15, 0.2) is 11.6 Å². The maximum atomic E-state index is 14.7. The Labute approximate surface area is 196 Å². The number of aromatic nitrogens is 1. The number of carbonyl (C=O) groups is 1. The molecule has 1 aliphatic heterocycles. The second-order valence-electron chi connectivity index (χ2n) is 8.11. The monoisotopic (exact) mass is 481 g/mol. The molecule has 0 bridgehead atoms. The van der Waals surface area contributed by atoms with Crippen LogP contribution < -0.4 is 5.73 Å². The van der Waals surface area contributed by atoms with E-state index < -0.39 is 11.6 Å². The number of hydrogen-bond donors (Lipinski definition) is 1. The Balaban J connectivity index is 0.00000306. The molecule has 0 aliphatic carbocycles. The van der Waals surface area contributed by atoms with E-state index in [1.807, 2.05) is 0 Å². The summed E-state index contributed by atoms with van der Waals surface area (Å²) in [6.45, 7) is 1.91. The zero-order chi connectivity index (χ0) is 22.8. The number of methoxy groups -OCH3 is 1. The van der Waals surface area contributed by atoms with E-state index in [1.54, 1.807) is 34.9 Å². The highest BCUT2D eigenvalue weighted by Crippen LogP contribution is 2.33. The van der Waals surface area contributed by atoms with Crippen molar-refractivity contribution in [3.63, 3.8) is 0 Å². The largest absolute Gasteiger partial charge is 0.383 e. The van der Waals surface area contributed by atoms with E-state index in [4.69, 9.17) is 10.5 Å². The van der Waals surface area contributed by atoms with Gasteiger partial charge in [-0.05, 0) is 48.1 Å². The van der Waals surface area contributed by atoms with Gasteiger partial charge in [0.05, 0.1) is 23.1 Å². The van der Waals surface area contributed by atoms with Gasteiger partial charge >= 0.3 is 0 Å². The van der Waals surface area contributed by atoms with Gasteiger partial charge in [-0.25, -0.2) is 13.2 Å². The maximum absolute atomic E-state index is 14.7. The van der Waals surface area contributed by atoms with Crippen molar-refractivity contribution in [2.24, 2.45) is 5.73 Å². The third-order valence-electron chi connectivity index (χ3n) is 6.22. The average Bonchev–Trinajstić information content (AvgIpc) is 3.19. The lowest BCUT2D eigenvalue weighted by Crippen LogP contribution is -2.38. The summed E-state index contributed by atoms with van der Waals surface area (Å²) >= 11 is 0. The van der Waals surface area contributed by atoms with E-state index in [0.717, 1.165) is 11.6 Å². The Morgan fingerprint density at radius 3 is 2.48 bits per heavy atom. The Morgan fingerprint density at radius 2 is 1.82 bits per heavy atom. The number of carbonyl (C=O) groups excluding carboxylic acids is 1. The molecule has 2 N–H and O–H groups in total. The van der Waals surface area contributed by atoms with Crippen molar-refractivity contribution in [2.75, 3.05) is 26.8 Å². The van der Waals surface area contributed by atoms with Crippen molar-refractivity contribution in [3.8, 4) is 0 Å².